The van der Waals surface area contributed by atoms with Crippen LogP contribution in [0.1, 0.15) is 5.56 Å². The number of nitrogens with zero attached hydrogens (tertiary/aromatic N) is 4. The molecule has 3 aromatic rings. The van der Waals surface area contributed by atoms with Crippen LogP contribution in [0.4, 0.5) is 8.78 Å². The molecule has 0 saturated carbocycles. The molecule has 1 aromatic carbocycles. The van der Waals surface area contributed by atoms with Crippen molar-refractivity contribution in [3.63, 3.8) is 0 Å². The summed E-state index contributed by atoms with van der Waals surface area (Å²) in [7, 11) is 0. The van der Waals surface area contributed by atoms with Gasteiger partial charge < -0.3 is 0 Å². The second-order valence-corrected chi connectivity index (χ2v) is 4.94. The molecule has 0 aliphatic rings. The summed E-state index contributed by atoms with van der Waals surface area (Å²) in [6, 6.07) is 7.36. The van der Waals surface area contributed by atoms with Gasteiger partial charge in [-0.2, -0.15) is 5.26 Å². The summed E-state index contributed by atoms with van der Waals surface area (Å²) in [6.45, 7) is 0. The molecule has 7 heteroatoms. The summed E-state index contributed by atoms with van der Waals surface area (Å²) in [5.74, 6) is -1.50. The minimum atomic E-state index is -0.756. The zero-order valence-electron chi connectivity index (χ0n) is 9.81. The van der Waals surface area contributed by atoms with Crippen LogP contribution in [-0.4, -0.2) is 14.6 Å². The predicted molar refractivity (Wildman–Crippen MR) is 70.8 cm³/mol. The topological polar surface area (TPSA) is 54.0 Å². The summed E-state index contributed by atoms with van der Waals surface area (Å²) in [5, 5.41) is 16.5. The molecule has 0 atom stereocenters. The largest absolute Gasteiger partial charge is 0.281 e. The minimum absolute atomic E-state index is 0.0135. The van der Waals surface area contributed by atoms with Crippen molar-refractivity contribution < 1.29 is 8.78 Å². The third kappa shape index (κ3) is 1.94. The van der Waals surface area contributed by atoms with Crippen molar-refractivity contribution >= 4 is 21.6 Å². The van der Waals surface area contributed by atoms with E-state index < -0.39 is 11.6 Å². The average Bonchev–Trinajstić information content (AvgIpc) is 2.80. The molecule has 0 aliphatic carbocycles. The molecular weight excluding hydrogens is 330 g/mol. The molecule has 0 aliphatic heterocycles. The van der Waals surface area contributed by atoms with Crippen molar-refractivity contribution in [2.24, 2.45) is 0 Å². The molecule has 0 fully saturated rings. The molecule has 0 saturated heterocycles. The highest BCUT2D eigenvalue weighted by molar-refractivity contribution is 9.10. The van der Waals surface area contributed by atoms with E-state index in [-0.39, 0.29) is 11.4 Å². The minimum Gasteiger partial charge on any atom is -0.281 e. The van der Waals surface area contributed by atoms with Gasteiger partial charge in [0.1, 0.15) is 17.7 Å². The van der Waals surface area contributed by atoms with Gasteiger partial charge in [-0.25, -0.2) is 8.78 Å². The van der Waals surface area contributed by atoms with Gasteiger partial charge in [0.2, 0.25) is 0 Å². The van der Waals surface area contributed by atoms with Crippen LogP contribution in [0.5, 0.6) is 0 Å². The Hall–Kier alpha value is -2.33. The van der Waals surface area contributed by atoms with Crippen molar-refractivity contribution in [3.8, 4) is 17.5 Å². The Bertz CT molecular complexity index is 843. The van der Waals surface area contributed by atoms with E-state index in [4.69, 9.17) is 5.26 Å². The van der Waals surface area contributed by atoms with Gasteiger partial charge in [0, 0.05) is 10.7 Å². The Labute approximate surface area is 120 Å². The fraction of sp³-hybridized carbons (Fsp3) is 0. The summed E-state index contributed by atoms with van der Waals surface area (Å²) >= 11 is 3.02. The number of aromatic nitrogens is 3. The van der Waals surface area contributed by atoms with E-state index in [1.807, 2.05) is 6.07 Å². The van der Waals surface area contributed by atoms with Gasteiger partial charge in [-0.05, 0) is 24.3 Å². The van der Waals surface area contributed by atoms with Gasteiger partial charge in [0.25, 0.3) is 0 Å². The number of fused-ring (bicyclic) bond motifs is 1. The Morgan fingerprint density at radius 2 is 1.85 bits per heavy atom. The lowest BCUT2D eigenvalue weighted by molar-refractivity contribution is 0.585. The van der Waals surface area contributed by atoms with Crippen LogP contribution in [0.25, 0.3) is 17.0 Å². The predicted octanol–water partition coefficient (Wildman–Crippen LogP) is 3.31. The maximum Gasteiger partial charge on any atom is 0.174 e. The number of hydrogen-bond acceptors (Lipinski definition) is 3. The van der Waals surface area contributed by atoms with Crippen molar-refractivity contribution in [2.75, 3.05) is 0 Å². The first-order valence-electron chi connectivity index (χ1n) is 5.50. The zero-order valence-corrected chi connectivity index (χ0v) is 11.4. The highest BCUT2D eigenvalue weighted by Gasteiger charge is 2.18. The number of halogens is 3. The summed E-state index contributed by atoms with van der Waals surface area (Å²) in [4.78, 5) is 0. The van der Waals surface area contributed by atoms with Crippen LogP contribution in [0, 0.1) is 23.0 Å². The number of benzene rings is 1. The van der Waals surface area contributed by atoms with Gasteiger partial charge in [-0.15, -0.1) is 10.2 Å². The molecule has 0 radical (unpaired) electrons. The summed E-state index contributed by atoms with van der Waals surface area (Å²) in [5.41, 5.74) is 0.466. The van der Waals surface area contributed by atoms with E-state index in [1.165, 1.54) is 10.6 Å². The number of rotatable bonds is 1. The average molecular weight is 335 g/mol. The first kappa shape index (κ1) is 12.7. The number of pyridine rings is 1. The van der Waals surface area contributed by atoms with Crippen LogP contribution in [-0.2, 0) is 0 Å². The smallest absolute Gasteiger partial charge is 0.174 e. The van der Waals surface area contributed by atoms with Gasteiger partial charge in [-0.3, -0.25) is 4.40 Å². The van der Waals surface area contributed by atoms with Crippen molar-refractivity contribution in [3.05, 3.63) is 52.1 Å². The third-order valence-electron chi connectivity index (χ3n) is 2.76. The highest BCUT2D eigenvalue weighted by Crippen LogP contribution is 2.28. The van der Waals surface area contributed by atoms with Gasteiger partial charge >= 0.3 is 0 Å². The third-order valence-corrected chi connectivity index (χ3v) is 3.22. The molecule has 2 aromatic heterocycles. The van der Waals surface area contributed by atoms with Gasteiger partial charge in [-0.1, -0.05) is 15.9 Å². The van der Waals surface area contributed by atoms with Crippen molar-refractivity contribution in [2.45, 2.75) is 0 Å². The van der Waals surface area contributed by atoms with Crippen LogP contribution in [0.15, 0.2) is 34.9 Å². The first-order valence-corrected chi connectivity index (χ1v) is 6.29. The second-order valence-electron chi connectivity index (χ2n) is 4.03. The van der Waals surface area contributed by atoms with Gasteiger partial charge in [0.15, 0.2) is 11.5 Å². The van der Waals surface area contributed by atoms with Crippen LogP contribution >= 0.6 is 15.9 Å². The van der Waals surface area contributed by atoms with Crippen LogP contribution < -0.4 is 0 Å². The Balaban J connectivity index is 2.33. The Kier molecular flexibility index (Phi) is 2.95. The SMILES string of the molecule is N#Cc1ccc2nnc(-c3c(F)cc(Br)cc3F)n2c1. The van der Waals surface area contributed by atoms with Crippen molar-refractivity contribution in [1.29, 1.82) is 5.26 Å². The molecule has 2 heterocycles. The first-order chi connectivity index (χ1) is 9.60. The molecule has 98 valence electrons. The lowest BCUT2D eigenvalue weighted by atomic mass is 10.2. The zero-order chi connectivity index (χ0) is 14.3. The molecule has 0 unspecified atom stereocenters. The normalized spacial score (nSPS) is 10.7. The molecule has 0 spiro atoms. The molecule has 3 rings (SSSR count). The maximum absolute atomic E-state index is 14.0. The van der Waals surface area contributed by atoms with E-state index in [0.717, 1.165) is 12.1 Å². The van der Waals surface area contributed by atoms with Crippen LogP contribution in [0.2, 0.25) is 0 Å². The van der Waals surface area contributed by atoms with E-state index in [2.05, 4.69) is 26.1 Å². The monoisotopic (exact) mass is 334 g/mol. The molecule has 0 N–H and O–H groups in total. The maximum atomic E-state index is 14.0. The lowest BCUT2D eigenvalue weighted by Gasteiger charge is -2.04. The Morgan fingerprint density at radius 3 is 2.50 bits per heavy atom. The molecule has 20 heavy (non-hydrogen) atoms. The number of hydrogen-bond donors (Lipinski definition) is 0. The fourth-order valence-corrected chi connectivity index (χ4v) is 2.29. The standard InChI is InChI=1S/C13H5BrF2N4/c14-8-3-9(15)12(10(16)4-8)13-19-18-11-2-1-7(5-17)6-20(11)13/h1-4,6H. The summed E-state index contributed by atoms with van der Waals surface area (Å²) in [6.07, 6.45) is 1.44. The number of nitriles is 1. The van der Waals surface area contributed by atoms with Crippen LogP contribution in [0.3, 0.4) is 0 Å². The second kappa shape index (κ2) is 4.65. The molecule has 0 amide bonds. The van der Waals surface area contributed by atoms with E-state index in [0.29, 0.717) is 15.7 Å². The summed E-state index contributed by atoms with van der Waals surface area (Å²) < 4.78 is 29.6. The highest BCUT2D eigenvalue weighted by atomic mass is 79.9. The van der Waals surface area contributed by atoms with E-state index in [9.17, 15) is 8.78 Å². The molecule has 4 nitrogen and oxygen atoms in total. The molecular formula is C13H5BrF2N4. The quantitative estimate of drug-likeness (QED) is 0.686. The lowest BCUT2D eigenvalue weighted by Crippen LogP contribution is -1.97. The fourth-order valence-electron chi connectivity index (χ4n) is 1.88. The molecule has 0 bridgehead atoms. The van der Waals surface area contributed by atoms with Gasteiger partial charge in [0.05, 0.1) is 11.1 Å². The van der Waals surface area contributed by atoms with Crippen molar-refractivity contribution in [1.82, 2.24) is 14.6 Å². The Morgan fingerprint density at radius 1 is 1.15 bits per heavy atom. The van der Waals surface area contributed by atoms with E-state index in [1.54, 1.807) is 12.1 Å². The van der Waals surface area contributed by atoms with E-state index >= 15 is 0 Å².